The summed E-state index contributed by atoms with van der Waals surface area (Å²) in [7, 11) is 3.80. The fourth-order valence-corrected chi connectivity index (χ4v) is 1.80. The van der Waals surface area contributed by atoms with Gasteiger partial charge in [-0.3, -0.25) is 9.78 Å². The van der Waals surface area contributed by atoms with E-state index in [4.69, 9.17) is 0 Å². The number of Topliss-reactive ketones (excluding diaryl/α,β-unsaturated/α-hetero) is 1. The molecule has 0 saturated heterocycles. The minimum absolute atomic E-state index is 0.0144. The zero-order chi connectivity index (χ0) is 13.7. The second-order valence-corrected chi connectivity index (χ2v) is 4.44. The normalized spacial score (nSPS) is 11.2. The van der Waals surface area contributed by atoms with Crippen LogP contribution in [0.1, 0.15) is 15.9 Å². The first-order valence-corrected chi connectivity index (χ1v) is 6.07. The molecule has 2 aromatic rings. The molecule has 0 radical (unpaired) electrons. The SMILES string of the molecule is CN(C)/C=C(\C(=O)c1ccccc1)c1ccncc1. The summed E-state index contributed by atoms with van der Waals surface area (Å²) in [5, 5.41) is 0. The number of carbonyl (C=O) groups is 1. The Morgan fingerprint density at radius 1 is 1.00 bits per heavy atom. The third-order valence-electron chi connectivity index (χ3n) is 2.66. The molecular formula is C16H16N2O. The molecule has 3 heteroatoms. The highest BCUT2D eigenvalue weighted by molar-refractivity contribution is 6.28. The highest BCUT2D eigenvalue weighted by Gasteiger charge is 2.14. The molecule has 0 atom stereocenters. The highest BCUT2D eigenvalue weighted by atomic mass is 16.1. The van der Waals surface area contributed by atoms with Gasteiger partial charge in [0.05, 0.1) is 0 Å². The number of ketones is 1. The molecule has 0 saturated carbocycles. The first kappa shape index (κ1) is 13.0. The van der Waals surface area contributed by atoms with Crippen molar-refractivity contribution in [2.75, 3.05) is 14.1 Å². The van der Waals surface area contributed by atoms with Crippen LogP contribution in [0.15, 0.2) is 61.1 Å². The number of hydrogen-bond donors (Lipinski definition) is 0. The van der Waals surface area contributed by atoms with Crippen LogP contribution in [0.2, 0.25) is 0 Å². The van der Waals surface area contributed by atoms with Crippen molar-refractivity contribution in [1.82, 2.24) is 9.88 Å². The van der Waals surface area contributed by atoms with Gasteiger partial charge in [0.25, 0.3) is 0 Å². The molecule has 1 aromatic carbocycles. The first-order chi connectivity index (χ1) is 9.18. The second-order valence-electron chi connectivity index (χ2n) is 4.44. The molecular weight excluding hydrogens is 236 g/mol. The third kappa shape index (κ3) is 3.28. The van der Waals surface area contributed by atoms with Crippen molar-refractivity contribution in [3.8, 4) is 0 Å². The molecule has 2 rings (SSSR count). The first-order valence-electron chi connectivity index (χ1n) is 6.07. The Morgan fingerprint density at radius 2 is 1.63 bits per heavy atom. The van der Waals surface area contributed by atoms with Gasteiger partial charge in [-0.2, -0.15) is 0 Å². The van der Waals surface area contributed by atoms with Crippen LogP contribution in [-0.2, 0) is 0 Å². The van der Waals surface area contributed by atoms with Crippen LogP contribution in [0.5, 0.6) is 0 Å². The van der Waals surface area contributed by atoms with Crippen molar-refractivity contribution in [2.45, 2.75) is 0 Å². The summed E-state index contributed by atoms with van der Waals surface area (Å²) >= 11 is 0. The van der Waals surface area contributed by atoms with Gasteiger partial charge < -0.3 is 4.90 Å². The van der Waals surface area contributed by atoms with E-state index >= 15 is 0 Å². The monoisotopic (exact) mass is 252 g/mol. The summed E-state index contributed by atoms with van der Waals surface area (Å²) in [6, 6.07) is 13.0. The van der Waals surface area contributed by atoms with Crippen molar-refractivity contribution in [3.05, 3.63) is 72.2 Å². The summed E-state index contributed by atoms with van der Waals surface area (Å²) in [6.07, 6.45) is 5.22. The number of carbonyl (C=O) groups excluding carboxylic acids is 1. The molecule has 0 spiro atoms. The maximum atomic E-state index is 12.6. The van der Waals surface area contributed by atoms with E-state index < -0.39 is 0 Å². The molecule has 0 bridgehead atoms. The van der Waals surface area contributed by atoms with E-state index in [1.165, 1.54) is 0 Å². The summed E-state index contributed by atoms with van der Waals surface area (Å²) in [4.78, 5) is 18.4. The Kier molecular flexibility index (Phi) is 4.08. The molecule has 96 valence electrons. The predicted molar refractivity (Wildman–Crippen MR) is 76.7 cm³/mol. The van der Waals surface area contributed by atoms with Crippen molar-refractivity contribution in [3.63, 3.8) is 0 Å². The third-order valence-corrected chi connectivity index (χ3v) is 2.66. The Labute approximate surface area is 113 Å². The zero-order valence-electron chi connectivity index (χ0n) is 11.1. The van der Waals surface area contributed by atoms with E-state index in [1.807, 2.05) is 67.7 Å². The molecule has 0 unspecified atom stereocenters. The van der Waals surface area contributed by atoms with Crippen molar-refractivity contribution in [2.24, 2.45) is 0 Å². The quantitative estimate of drug-likeness (QED) is 0.619. The number of nitrogens with zero attached hydrogens (tertiary/aromatic N) is 2. The largest absolute Gasteiger partial charge is 0.383 e. The molecule has 1 heterocycles. The van der Waals surface area contributed by atoms with Crippen molar-refractivity contribution < 1.29 is 4.79 Å². The average Bonchev–Trinajstić information content (AvgIpc) is 2.46. The van der Waals surface area contributed by atoms with E-state index in [-0.39, 0.29) is 5.78 Å². The van der Waals surface area contributed by atoms with Crippen LogP contribution in [-0.4, -0.2) is 29.8 Å². The van der Waals surface area contributed by atoms with E-state index in [9.17, 15) is 4.79 Å². The Balaban J connectivity index is 2.43. The van der Waals surface area contributed by atoms with Gasteiger partial charge >= 0.3 is 0 Å². The lowest BCUT2D eigenvalue weighted by Crippen LogP contribution is -2.09. The predicted octanol–water partition coefficient (Wildman–Crippen LogP) is 2.87. The van der Waals surface area contributed by atoms with Gasteiger partial charge in [-0.25, -0.2) is 0 Å². The minimum Gasteiger partial charge on any atom is -0.383 e. The van der Waals surface area contributed by atoms with Gasteiger partial charge in [0, 0.05) is 43.8 Å². The number of pyridine rings is 1. The number of allylic oxidation sites excluding steroid dienone is 1. The molecule has 0 aliphatic heterocycles. The number of benzene rings is 1. The topological polar surface area (TPSA) is 33.2 Å². The maximum absolute atomic E-state index is 12.6. The lowest BCUT2D eigenvalue weighted by molar-refractivity contribution is 0.105. The number of hydrogen-bond acceptors (Lipinski definition) is 3. The van der Waals surface area contributed by atoms with Gasteiger partial charge in [-0.1, -0.05) is 30.3 Å². The summed E-state index contributed by atoms with van der Waals surface area (Å²) in [5.41, 5.74) is 2.23. The van der Waals surface area contributed by atoms with Crippen LogP contribution in [0.25, 0.3) is 5.57 Å². The Morgan fingerprint density at radius 3 is 2.21 bits per heavy atom. The van der Waals surface area contributed by atoms with Crippen LogP contribution in [0.3, 0.4) is 0 Å². The van der Waals surface area contributed by atoms with Crippen LogP contribution < -0.4 is 0 Å². The van der Waals surface area contributed by atoms with Gasteiger partial charge in [-0.15, -0.1) is 0 Å². The fraction of sp³-hybridized carbons (Fsp3) is 0.125. The molecule has 0 fully saturated rings. The summed E-state index contributed by atoms with van der Waals surface area (Å²) in [5.74, 6) is 0.0144. The molecule has 3 nitrogen and oxygen atoms in total. The summed E-state index contributed by atoms with van der Waals surface area (Å²) < 4.78 is 0. The average molecular weight is 252 g/mol. The second kappa shape index (κ2) is 5.96. The van der Waals surface area contributed by atoms with Crippen LogP contribution >= 0.6 is 0 Å². The zero-order valence-corrected chi connectivity index (χ0v) is 11.1. The maximum Gasteiger partial charge on any atom is 0.195 e. The molecule has 1 aromatic heterocycles. The number of rotatable bonds is 4. The van der Waals surface area contributed by atoms with Crippen molar-refractivity contribution >= 4 is 11.4 Å². The van der Waals surface area contributed by atoms with Gasteiger partial charge in [-0.05, 0) is 17.7 Å². The highest BCUT2D eigenvalue weighted by Crippen LogP contribution is 2.19. The van der Waals surface area contributed by atoms with E-state index in [0.29, 0.717) is 11.1 Å². The lowest BCUT2D eigenvalue weighted by atomic mass is 9.98. The van der Waals surface area contributed by atoms with Gasteiger partial charge in [0.2, 0.25) is 0 Å². The standard InChI is InChI=1S/C16H16N2O/c1-18(2)12-15(13-8-10-17-11-9-13)16(19)14-6-4-3-5-7-14/h3-12H,1-2H3/b15-12-. The minimum atomic E-state index is 0.0144. The van der Waals surface area contributed by atoms with Crippen LogP contribution in [0, 0.1) is 0 Å². The smallest absolute Gasteiger partial charge is 0.195 e. The molecule has 0 N–H and O–H groups in total. The van der Waals surface area contributed by atoms with Gasteiger partial charge in [0.1, 0.15) is 0 Å². The molecule has 0 aliphatic carbocycles. The summed E-state index contributed by atoms with van der Waals surface area (Å²) in [6.45, 7) is 0. The van der Waals surface area contributed by atoms with E-state index in [0.717, 1.165) is 5.56 Å². The lowest BCUT2D eigenvalue weighted by Gasteiger charge is -2.11. The van der Waals surface area contributed by atoms with E-state index in [2.05, 4.69) is 4.98 Å². The van der Waals surface area contributed by atoms with E-state index in [1.54, 1.807) is 12.4 Å². The molecule has 0 aliphatic rings. The van der Waals surface area contributed by atoms with Gasteiger partial charge in [0.15, 0.2) is 5.78 Å². The fourth-order valence-electron chi connectivity index (χ4n) is 1.80. The molecule has 0 amide bonds. The van der Waals surface area contributed by atoms with Crippen LogP contribution in [0.4, 0.5) is 0 Å². The Bertz CT molecular complexity index is 574. The number of aromatic nitrogens is 1. The Hall–Kier alpha value is -2.42. The molecule has 19 heavy (non-hydrogen) atoms. The van der Waals surface area contributed by atoms with Crippen molar-refractivity contribution in [1.29, 1.82) is 0 Å².